The first kappa shape index (κ1) is 15.7. The van der Waals surface area contributed by atoms with E-state index in [9.17, 15) is 0 Å². The van der Waals surface area contributed by atoms with Crippen molar-refractivity contribution in [3.63, 3.8) is 0 Å². The second kappa shape index (κ2) is 9.52. The van der Waals surface area contributed by atoms with Crippen molar-refractivity contribution in [3.8, 4) is 11.8 Å². The molecule has 0 aromatic carbocycles. The maximum absolute atomic E-state index is 5.21. The van der Waals surface area contributed by atoms with Gasteiger partial charge in [0.25, 0.3) is 0 Å². The van der Waals surface area contributed by atoms with E-state index in [1.807, 2.05) is 0 Å². The van der Waals surface area contributed by atoms with Crippen LogP contribution in [0.3, 0.4) is 0 Å². The zero-order valence-corrected chi connectivity index (χ0v) is 11.9. The molecule has 0 spiro atoms. The summed E-state index contributed by atoms with van der Waals surface area (Å²) in [5, 5.41) is 3.35. The van der Waals surface area contributed by atoms with E-state index in [2.05, 4.69) is 15.3 Å². The van der Waals surface area contributed by atoms with E-state index in [1.165, 1.54) is 6.33 Å². The van der Waals surface area contributed by atoms with Crippen LogP contribution in [0.5, 0.6) is 11.8 Å². The summed E-state index contributed by atoms with van der Waals surface area (Å²) in [6.45, 7) is 2.40. The summed E-state index contributed by atoms with van der Waals surface area (Å²) in [5.41, 5.74) is 0.851. The van der Waals surface area contributed by atoms with Crippen molar-refractivity contribution in [1.29, 1.82) is 0 Å². The van der Waals surface area contributed by atoms with Crippen molar-refractivity contribution in [2.75, 3.05) is 34.5 Å². The smallest absolute Gasteiger partial charge is 0.224 e. The largest absolute Gasteiger partial charge is 0.481 e. The molecule has 1 aromatic heterocycles. The first-order valence-corrected chi connectivity index (χ1v) is 6.45. The average Bonchev–Trinajstić information content (AvgIpc) is 2.46. The fourth-order valence-electron chi connectivity index (χ4n) is 1.77. The molecule has 1 N–H and O–H groups in total. The Hall–Kier alpha value is -1.40. The van der Waals surface area contributed by atoms with Gasteiger partial charge in [0, 0.05) is 20.3 Å². The molecule has 0 fully saturated rings. The van der Waals surface area contributed by atoms with E-state index in [-0.39, 0.29) is 0 Å². The van der Waals surface area contributed by atoms with Crippen LogP contribution in [0.25, 0.3) is 0 Å². The normalized spacial score (nSPS) is 10.5. The number of unbranched alkanes of at least 4 members (excludes halogenated alkanes) is 2. The number of aromatic nitrogens is 2. The third-order valence-corrected chi connectivity index (χ3v) is 2.76. The Kier molecular flexibility index (Phi) is 7.84. The minimum absolute atomic E-state index is 0.554. The number of hydrogen-bond donors (Lipinski definition) is 1. The predicted octanol–water partition coefficient (Wildman–Crippen LogP) is 1.40. The SMILES string of the molecule is COCCCCCNCc1c(OC)ncnc1OC. The first-order valence-electron chi connectivity index (χ1n) is 6.45. The Balaban J connectivity index is 2.35. The highest BCUT2D eigenvalue weighted by molar-refractivity contribution is 5.34. The van der Waals surface area contributed by atoms with Crippen molar-refractivity contribution >= 4 is 0 Å². The fourth-order valence-corrected chi connectivity index (χ4v) is 1.77. The molecule has 1 heterocycles. The van der Waals surface area contributed by atoms with Crippen molar-refractivity contribution < 1.29 is 14.2 Å². The molecule has 0 unspecified atom stereocenters. The van der Waals surface area contributed by atoms with Gasteiger partial charge in [-0.2, -0.15) is 0 Å². The summed E-state index contributed by atoms with van der Waals surface area (Å²) >= 11 is 0. The highest BCUT2D eigenvalue weighted by Crippen LogP contribution is 2.22. The Bertz CT molecular complexity index is 339. The highest BCUT2D eigenvalue weighted by atomic mass is 16.5. The molecule has 1 rings (SSSR count). The summed E-state index contributed by atoms with van der Waals surface area (Å²) in [4.78, 5) is 8.15. The number of methoxy groups -OCH3 is 3. The van der Waals surface area contributed by atoms with E-state index in [0.29, 0.717) is 18.3 Å². The molecule has 19 heavy (non-hydrogen) atoms. The van der Waals surface area contributed by atoms with Gasteiger partial charge in [0.1, 0.15) is 6.33 Å². The minimum atomic E-state index is 0.554. The molecule has 0 aliphatic rings. The molecule has 0 bridgehead atoms. The van der Waals surface area contributed by atoms with E-state index in [0.717, 1.165) is 38.0 Å². The van der Waals surface area contributed by atoms with Crippen LogP contribution < -0.4 is 14.8 Å². The lowest BCUT2D eigenvalue weighted by atomic mass is 10.2. The van der Waals surface area contributed by atoms with Gasteiger partial charge in [-0.3, -0.25) is 0 Å². The molecule has 0 radical (unpaired) electrons. The fraction of sp³-hybridized carbons (Fsp3) is 0.692. The van der Waals surface area contributed by atoms with Crippen molar-refractivity contribution in [3.05, 3.63) is 11.9 Å². The van der Waals surface area contributed by atoms with Gasteiger partial charge in [0.2, 0.25) is 11.8 Å². The van der Waals surface area contributed by atoms with Gasteiger partial charge in [-0.1, -0.05) is 0 Å². The van der Waals surface area contributed by atoms with E-state index >= 15 is 0 Å². The first-order chi connectivity index (χ1) is 9.33. The Morgan fingerprint density at radius 1 is 1.00 bits per heavy atom. The summed E-state index contributed by atoms with van der Waals surface area (Å²) in [6, 6.07) is 0. The summed E-state index contributed by atoms with van der Waals surface area (Å²) < 4.78 is 15.4. The van der Waals surface area contributed by atoms with Gasteiger partial charge in [0.15, 0.2) is 0 Å². The maximum atomic E-state index is 5.21. The minimum Gasteiger partial charge on any atom is -0.481 e. The predicted molar refractivity (Wildman–Crippen MR) is 72.6 cm³/mol. The van der Waals surface area contributed by atoms with Crippen molar-refractivity contribution in [2.24, 2.45) is 0 Å². The number of nitrogens with one attached hydrogen (secondary N) is 1. The Labute approximate surface area is 114 Å². The van der Waals surface area contributed by atoms with Crippen LogP contribution >= 0.6 is 0 Å². The molecule has 0 saturated heterocycles. The quantitative estimate of drug-likeness (QED) is 0.648. The summed E-state index contributed by atoms with van der Waals surface area (Å²) in [5.74, 6) is 1.11. The van der Waals surface area contributed by atoms with Gasteiger partial charge < -0.3 is 19.5 Å². The van der Waals surface area contributed by atoms with Gasteiger partial charge in [-0.25, -0.2) is 9.97 Å². The number of ether oxygens (including phenoxy) is 3. The molecule has 0 atom stereocenters. The van der Waals surface area contributed by atoms with Gasteiger partial charge >= 0.3 is 0 Å². The summed E-state index contributed by atoms with van der Waals surface area (Å²) in [7, 11) is 4.91. The van der Waals surface area contributed by atoms with Gasteiger partial charge in [-0.05, 0) is 25.8 Å². The van der Waals surface area contributed by atoms with Gasteiger partial charge in [0.05, 0.1) is 19.8 Å². The van der Waals surface area contributed by atoms with Crippen LogP contribution in [0.15, 0.2) is 6.33 Å². The Morgan fingerprint density at radius 2 is 1.68 bits per heavy atom. The van der Waals surface area contributed by atoms with E-state index in [4.69, 9.17) is 14.2 Å². The molecule has 1 aromatic rings. The molecule has 0 aliphatic carbocycles. The van der Waals surface area contributed by atoms with E-state index in [1.54, 1.807) is 21.3 Å². The zero-order chi connectivity index (χ0) is 13.9. The van der Waals surface area contributed by atoms with Crippen LogP contribution in [0.1, 0.15) is 24.8 Å². The van der Waals surface area contributed by atoms with Crippen LogP contribution in [-0.2, 0) is 11.3 Å². The molecule has 108 valence electrons. The monoisotopic (exact) mass is 269 g/mol. The molecular formula is C13H23N3O3. The zero-order valence-electron chi connectivity index (χ0n) is 11.9. The summed E-state index contributed by atoms with van der Waals surface area (Å²) in [6.07, 6.45) is 4.80. The molecule has 0 aliphatic heterocycles. The third kappa shape index (κ3) is 5.40. The highest BCUT2D eigenvalue weighted by Gasteiger charge is 2.11. The lowest BCUT2D eigenvalue weighted by Gasteiger charge is -2.11. The third-order valence-electron chi connectivity index (χ3n) is 2.76. The molecule has 6 nitrogen and oxygen atoms in total. The topological polar surface area (TPSA) is 65.5 Å². The van der Waals surface area contributed by atoms with Crippen LogP contribution in [0.4, 0.5) is 0 Å². The van der Waals surface area contributed by atoms with Crippen molar-refractivity contribution in [1.82, 2.24) is 15.3 Å². The van der Waals surface area contributed by atoms with Crippen LogP contribution in [0.2, 0.25) is 0 Å². The average molecular weight is 269 g/mol. The maximum Gasteiger partial charge on any atom is 0.224 e. The molecular weight excluding hydrogens is 246 g/mol. The van der Waals surface area contributed by atoms with Crippen LogP contribution in [0, 0.1) is 0 Å². The lowest BCUT2D eigenvalue weighted by molar-refractivity contribution is 0.192. The molecule has 6 heteroatoms. The Morgan fingerprint density at radius 3 is 2.26 bits per heavy atom. The second-order valence-electron chi connectivity index (χ2n) is 4.10. The number of nitrogens with zero attached hydrogens (tertiary/aromatic N) is 2. The van der Waals surface area contributed by atoms with Crippen molar-refractivity contribution in [2.45, 2.75) is 25.8 Å². The second-order valence-corrected chi connectivity index (χ2v) is 4.10. The van der Waals surface area contributed by atoms with Crippen LogP contribution in [-0.4, -0.2) is 44.4 Å². The number of hydrogen-bond acceptors (Lipinski definition) is 6. The lowest BCUT2D eigenvalue weighted by Crippen LogP contribution is -2.17. The number of rotatable bonds is 10. The van der Waals surface area contributed by atoms with E-state index < -0.39 is 0 Å². The molecule has 0 amide bonds. The van der Waals surface area contributed by atoms with Gasteiger partial charge in [-0.15, -0.1) is 0 Å². The molecule has 0 saturated carbocycles. The standard InChI is InChI=1S/C13H23N3O3/c1-17-8-6-4-5-7-14-9-11-12(18-2)15-10-16-13(11)19-3/h10,14H,4-9H2,1-3H3.